The van der Waals surface area contributed by atoms with E-state index < -0.39 is 0 Å². The number of anilines is 1. The zero-order valence-corrected chi connectivity index (χ0v) is 7.54. The Morgan fingerprint density at radius 3 is 2.58 bits per heavy atom. The van der Waals surface area contributed by atoms with Crippen molar-refractivity contribution in [1.82, 2.24) is 0 Å². The van der Waals surface area contributed by atoms with Crippen LogP contribution in [-0.2, 0) is 0 Å². The third-order valence-corrected chi connectivity index (χ3v) is 1.73. The second-order valence-corrected chi connectivity index (χ2v) is 2.97. The van der Waals surface area contributed by atoms with Crippen molar-refractivity contribution in [2.24, 2.45) is 5.73 Å². The summed E-state index contributed by atoms with van der Waals surface area (Å²) < 4.78 is 0. The molecule has 2 N–H and O–H groups in total. The standard InChI is InChI=1S/C10H14N2/c1-8(11)9-5-4-6-10(7-9)12(2)3/h4-7H,1,11H2,2-3H3. The third-order valence-electron chi connectivity index (χ3n) is 1.73. The minimum absolute atomic E-state index is 0.610. The summed E-state index contributed by atoms with van der Waals surface area (Å²) in [6, 6.07) is 7.98. The van der Waals surface area contributed by atoms with Crippen LogP contribution < -0.4 is 10.6 Å². The Morgan fingerprint density at radius 2 is 2.08 bits per heavy atom. The first-order chi connectivity index (χ1) is 5.61. The van der Waals surface area contributed by atoms with E-state index in [0.29, 0.717) is 5.70 Å². The summed E-state index contributed by atoms with van der Waals surface area (Å²) in [5.41, 5.74) is 8.30. The molecule has 0 aliphatic carbocycles. The highest BCUT2D eigenvalue weighted by atomic mass is 15.1. The van der Waals surface area contributed by atoms with E-state index in [1.807, 2.05) is 43.3 Å². The van der Waals surface area contributed by atoms with Crippen LogP contribution in [0.2, 0.25) is 0 Å². The van der Waals surface area contributed by atoms with Crippen molar-refractivity contribution < 1.29 is 0 Å². The van der Waals surface area contributed by atoms with E-state index in [2.05, 4.69) is 6.58 Å². The Hall–Kier alpha value is -1.44. The van der Waals surface area contributed by atoms with Crippen LogP contribution in [0, 0.1) is 0 Å². The zero-order valence-electron chi connectivity index (χ0n) is 7.54. The van der Waals surface area contributed by atoms with Gasteiger partial charge < -0.3 is 10.6 Å². The van der Waals surface area contributed by atoms with Gasteiger partial charge in [-0.05, 0) is 17.7 Å². The molecule has 64 valence electrons. The number of rotatable bonds is 2. The van der Waals surface area contributed by atoms with Crippen LogP contribution >= 0.6 is 0 Å². The molecular formula is C10H14N2. The van der Waals surface area contributed by atoms with Gasteiger partial charge in [-0.1, -0.05) is 18.7 Å². The first kappa shape index (κ1) is 8.65. The molecule has 0 aromatic heterocycles. The fourth-order valence-corrected chi connectivity index (χ4v) is 0.984. The van der Waals surface area contributed by atoms with Crippen molar-refractivity contribution in [2.45, 2.75) is 0 Å². The molecule has 0 atom stereocenters. The summed E-state index contributed by atoms with van der Waals surface area (Å²) in [4.78, 5) is 2.03. The summed E-state index contributed by atoms with van der Waals surface area (Å²) in [6.07, 6.45) is 0. The normalized spacial score (nSPS) is 9.50. The molecule has 0 heterocycles. The third kappa shape index (κ3) is 1.78. The highest BCUT2D eigenvalue weighted by Crippen LogP contribution is 2.15. The van der Waals surface area contributed by atoms with Crippen molar-refractivity contribution in [1.29, 1.82) is 0 Å². The molecule has 12 heavy (non-hydrogen) atoms. The van der Waals surface area contributed by atoms with Crippen molar-refractivity contribution in [3.63, 3.8) is 0 Å². The molecule has 0 spiro atoms. The molecule has 0 fully saturated rings. The van der Waals surface area contributed by atoms with Crippen molar-refractivity contribution >= 4 is 11.4 Å². The van der Waals surface area contributed by atoms with Crippen LogP contribution in [0.4, 0.5) is 5.69 Å². The second kappa shape index (κ2) is 3.30. The number of nitrogens with two attached hydrogens (primary N) is 1. The number of hydrogen-bond donors (Lipinski definition) is 1. The van der Waals surface area contributed by atoms with Crippen molar-refractivity contribution in [3.8, 4) is 0 Å². The van der Waals surface area contributed by atoms with Crippen LogP contribution in [-0.4, -0.2) is 14.1 Å². The van der Waals surface area contributed by atoms with Gasteiger partial charge in [-0.3, -0.25) is 0 Å². The first-order valence-corrected chi connectivity index (χ1v) is 3.83. The molecule has 0 saturated heterocycles. The van der Waals surface area contributed by atoms with Gasteiger partial charge in [-0.25, -0.2) is 0 Å². The van der Waals surface area contributed by atoms with Gasteiger partial charge in [-0.15, -0.1) is 0 Å². The Bertz CT molecular complexity index is 290. The minimum atomic E-state index is 0.610. The summed E-state index contributed by atoms with van der Waals surface area (Å²) in [6.45, 7) is 3.69. The fourth-order valence-electron chi connectivity index (χ4n) is 0.984. The summed E-state index contributed by atoms with van der Waals surface area (Å²) in [5.74, 6) is 0. The summed E-state index contributed by atoms with van der Waals surface area (Å²) in [7, 11) is 4.00. The molecule has 0 amide bonds. The lowest BCUT2D eigenvalue weighted by Crippen LogP contribution is -2.08. The maximum absolute atomic E-state index is 5.57. The average molecular weight is 162 g/mol. The Kier molecular flexibility index (Phi) is 2.38. The molecular weight excluding hydrogens is 148 g/mol. The van der Waals surface area contributed by atoms with E-state index in [-0.39, 0.29) is 0 Å². The van der Waals surface area contributed by atoms with E-state index in [9.17, 15) is 0 Å². The SMILES string of the molecule is C=C(N)c1cccc(N(C)C)c1. The molecule has 0 saturated carbocycles. The van der Waals surface area contributed by atoms with Crippen LogP contribution in [0.3, 0.4) is 0 Å². The summed E-state index contributed by atoms with van der Waals surface area (Å²) in [5, 5.41) is 0. The van der Waals surface area contributed by atoms with Crippen molar-refractivity contribution in [2.75, 3.05) is 19.0 Å². The average Bonchev–Trinajstić information content (AvgIpc) is 2.04. The van der Waals surface area contributed by atoms with E-state index in [0.717, 1.165) is 11.3 Å². The van der Waals surface area contributed by atoms with Gasteiger partial charge in [0.05, 0.1) is 0 Å². The summed E-state index contributed by atoms with van der Waals surface area (Å²) >= 11 is 0. The largest absolute Gasteiger partial charge is 0.399 e. The Balaban J connectivity index is 3.04. The predicted molar refractivity (Wildman–Crippen MR) is 54.0 cm³/mol. The van der Waals surface area contributed by atoms with Crippen molar-refractivity contribution in [3.05, 3.63) is 36.4 Å². The Morgan fingerprint density at radius 1 is 1.42 bits per heavy atom. The molecule has 1 rings (SSSR count). The predicted octanol–water partition coefficient (Wildman–Crippen LogP) is 1.68. The molecule has 1 aromatic rings. The van der Waals surface area contributed by atoms with Crippen LogP contribution in [0.25, 0.3) is 5.70 Å². The quantitative estimate of drug-likeness (QED) is 0.717. The number of benzene rings is 1. The highest BCUT2D eigenvalue weighted by Gasteiger charge is 1.97. The van der Waals surface area contributed by atoms with Gasteiger partial charge in [-0.2, -0.15) is 0 Å². The van der Waals surface area contributed by atoms with E-state index in [4.69, 9.17) is 5.73 Å². The first-order valence-electron chi connectivity index (χ1n) is 3.83. The van der Waals surface area contributed by atoms with Crippen LogP contribution in [0.15, 0.2) is 30.8 Å². The van der Waals surface area contributed by atoms with Gasteiger partial charge in [0, 0.05) is 25.5 Å². The van der Waals surface area contributed by atoms with E-state index in [1.165, 1.54) is 0 Å². The minimum Gasteiger partial charge on any atom is -0.399 e. The van der Waals surface area contributed by atoms with Gasteiger partial charge >= 0.3 is 0 Å². The monoisotopic (exact) mass is 162 g/mol. The lowest BCUT2D eigenvalue weighted by molar-refractivity contribution is 1.13. The van der Waals surface area contributed by atoms with E-state index >= 15 is 0 Å². The Labute approximate surface area is 73.3 Å². The highest BCUT2D eigenvalue weighted by molar-refractivity contribution is 5.64. The molecule has 0 aliphatic heterocycles. The fraction of sp³-hybridized carbons (Fsp3) is 0.200. The number of nitrogens with zero attached hydrogens (tertiary/aromatic N) is 1. The smallest absolute Gasteiger partial charge is 0.0367 e. The molecule has 0 unspecified atom stereocenters. The lowest BCUT2D eigenvalue weighted by Gasteiger charge is -2.13. The molecule has 2 nitrogen and oxygen atoms in total. The molecule has 0 radical (unpaired) electrons. The topological polar surface area (TPSA) is 29.3 Å². The van der Waals surface area contributed by atoms with Gasteiger partial charge in [0.15, 0.2) is 0 Å². The van der Waals surface area contributed by atoms with Crippen LogP contribution in [0.1, 0.15) is 5.56 Å². The lowest BCUT2D eigenvalue weighted by atomic mass is 10.1. The second-order valence-electron chi connectivity index (χ2n) is 2.97. The molecule has 0 bridgehead atoms. The molecule has 1 aromatic carbocycles. The number of hydrogen-bond acceptors (Lipinski definition) is 2. The maximum Gasteiger partial charge on any atom is 0.0367 e. The molecule has 0 aliphatic rings. The van der Waals surface area contributed by atoms with Gasteiger partial charge in [0.25, 0.3) is 0 Å². The maximum atomic E-state index is 5.57. The van der Waals surface area contributed by atoms with Gasteiger partial charge in [0.2, 0.25) is 0 Å². The van der Waals surface area contributed by atoms with E-state index in [1.54, 1.807) is 0 Å². The van der Waals surface area contributed by atoms with Gasteiger partial charge in [0.1, 0.15) is 0 Å². The molecule has 2 heteroatoms. The van der Waals surface area contributed by atoms with Crippen LogP contribution in [0.5, 0.6) is 0 Å². The zero-order chi connectivity index (χ0) is 9.14.